The fraction of sp³-hybridized carbons (Fsp3) is 0.0707. The molecule has 494 valence electrons. The average Bonchev–Trinajstić information content (AvgIpc) is 1.27. The number of pyridine rings is 4. The molecule has 0 saturated carbocycles. The Hall–Kier alpha value is -12.5. The summed E-state index contributed by atoms with van der Waals surface area (Å²) in [6, 6.07) is 120. The van der Waals surface area contributed by atoms with Crippen molar-refractivity contribution >= 4 is 63.8 Å². The molecule has 18 aromatic rings. The van der Waals surface area contributed by atoms with Crippen LogP contribution in [0.2, 0.25) is 0 Å². The first-order valence-electron chi connectivity index (χ1n) is 36.2. The van der Waals surface area contributed by atoms with Gasteiger partial charge in [0.25, 0.3) is 0 Å². The average molecular weight is 1350 g/mol. The number of benzene rings is 13. The van der Waals surface area contributed by atoms with Crippen molar-refractivity contribution in [3.63, 3.8) is 0 Å². The van der Waals surface area contributed by atoms with Gasteiger partial charge in [0.1, 0.15) is 0 Å². The molecule has 0 spiro atoms. The Balaban J connectivity index is 0.0000000985. The molecule has 13 aromatic carbocycles. The lowest BCUT2D eigenvalue weighted by atomic mass is 9.91. The Labute approximate surface area is 611 Å². The number of aryl methyl sites for hydroxylation is 3. The Kier molecular flexibility index (Phi) is 16.8. The molecule has 0 saturated heterocycles. The van der Waals surface area contributed by atoms with Crippen LogP contribution in [0.4, 0.5) is 0 Å². The van der Waals surface area contributed by atoms with Gasteiger partial charge >= 0.3 is 0 Å². The third kappa shape index (κ3) is 11.9. The van der Waals surface area contributed by atoms with Crippen LogP contribution < -0.4 is 18.3 Å². The topological polar surface area (TPSA) is 15.5 Å². The molecule has 104 heavy (non-hydrogen) atoms. The number of thiophene rings is 1. The zero-order valence-electron chi connectivity index (χ0n) is 58.6. The third-order valence-corrected chi connectivity index (χ3v) is 22.5. The standard InChI is InChI=1S/C36H22S.C20H18N.C18H14N.C13H12N.C12H10N/c1-2-13-29-27(11-1)28-12-3-4-14-30(28)34-22-24(19-20-31(29)34)23-9-7-10-25(21-23)26-16-8-17-33-32-15-5-6-18-35(32)37-36(26)33;1-14-6-5-7-15(2)20(14)17-10-11-19-18-9-4-3-8-16(18)12-21(19)13-17;1-2-6-14(7-3-1)15-10-11-18-17-9-5-4-8-16(17)13-19(18)12-15;1-10-5-4-8-14-9-11-6-2-3-7-12(11)13(10)14;1-2-6-11-10(5-1)9-13-8-4-3-7-12(11)13/h1-22H;3-11,13H,12H2,1-2H3;1-12H,13H2;2-8H,9H2,1H3;1-8H,9H2/q;4*+1. The van der Waals surface area contributed by atoms with E-state index in [1.807, 2.05) is 11.3 Å². The van der Waals surface area contributed by atoms with E-state index in [0.29, 0.717) is 0 Å². The monoisotopic (exact) mass is 1350 g/mol. The van der Waals surface area contributed by atoms with E-state index < -0.39 is 0 Å². The molecule has 0 aliphatic carbocycles. The van der Waals surface area contributed by atoms with Gasteiger partial charge < -0.3 is 0 Å². The number of aromatic nitrogens is 4. The van der Waals surface area contributed by atoms with Crippen LogP contribution in [0.25, 0.3) is 142 Å². The normalized spacial score (nSPS) is 12.0. The van der Waals surface area contributed by atoms with Gasteiger partial charge in [-0.15, -0.1) is 11.3 Å². The van der Waals surface area contributed by atoms with E-state index in [4.69, 9.17) is 0 Å². The number of rotatable bonds is 4. The summed E-state index contributed by atoms with van der Waals surface area (Å²) in [5.41, 5.74) is 30.8. The van der Waals surface area contributed by atoms with Gasteiger partial charge in [0.05, 0.1) is 22.3 Å². The maximum atomic E-state index is 2.38. The molecular formula is C99H76N4S+4. The highest BCUT2D eigenvalue weighted by Gasteiger charge is 2.30. The van der Waals surface area contributed by atoms with Crippen LogP contribution in [0, 0.1) is 20.8 Å². The van der Waals surface area contributed by atoms with Gasteiger partial charge in [-0.3, -0.25) is 0 Å². The van der Waals surface area contributed by atoms with Crippen LogP contribution in [0.3, 0.4) is 0 Å². The van der Waals surface area contributed by atoms with Crippen LogP contribution in [0.15, 0.2) is 358 Å². The number of hydrogen-bond acceptors (Lipinski definition) is 1. The van der Waals surface area contributed by atoms with E-state index in [1.165, 1.54) is 181 Å². The molecule has 0 unspecified atom stereocenters. The molecule has 4 aliphatic heterocycles. The second-order valence-corrected chi connectivity index (χ2v) is 28.8. The minimum Gasteiger partial charge on any atom is -0.194 e. The van der Waals surface area contributed by atoms with Crippen molar-refractivity contribution in [2.45, 2.75) is 47.0 Å². The fourth-order valence-electron chi connectivity index (χ4n) is 16.4. The minimum absolute atomic E-state index is 0.976. The van der Waals surface area contributed by atoms with Crippen LogP contribution >= 0.6 is 11.3 Å². The molecule has 5 heteroatoms. The zero-order valence-corrected chi connectivity index (χ0v) is 59.4. The lowest BCUT2D eigenvalue weighted by molar-refractivity contribution is -0.672. The maximum Gasteiger partial charge on any atom is 0.216 e. The summed E-state index contributed by atoms with van der Waals surface area (Å²) in [4.78, 5) is 0. The number of fused-ring (bicyclic) bond motifs is 21. The second kappa shape index (κ2) is 27.4. The molecule has 5 aromatic heterocycles. The Morgan fingerprint density at radius 2 is 0.663 bits per heavy atom. The molecule has 0 atom stereocenters. The van der Waals surface area contributed by atoms with E-state index in [0.717, 1.165) is 26.2 Å². The first-order chi connectivity index (χ1) is 51.3. The lowest BCUT2D eigenvalue weighted by Crippen LogP contribution is -2.32. The van der Waals surface area contributed by atoms with Crippen molar-refractivity contribution in [1.82, 2.24) is 0 Å². The van der Waals surface area contributed by atoms with Crippen molar-refractivity contribution < 1.29 is 18.3 Å². The van der Waals surface area contributed by atoms with Crippen LogP contribution in [0.1, 0.15) is 38.9 Å². The van der Waals surface area contributed by atoms with Crippen LogP contribution in [0.5, 0.6) is 0 Å². The summed E-state index contributed by atoms with van der Waals surface area (Å²) >= 11 is 1.89. The molecule has 22 rings (SSSR count). The first kappa shape index (κ1) is 63.6. The van der Waals surface area contributed by atoms with E-state index in [1.54, 1.807) is 0 Å². The molecule has 0 fully saturated rings. The highest BCUT2D eigenvalue weighted by Crippen LogP contribution is 2.43. The quantitative estimate of drug-likeness (QED) is 0.123. The highest BCUT2D eigenvalue weighted by atomic mass is 32.1. The van der Waals surface area contributed by atoms with Crippen LogP contribution in [-0.2, 0) is 26.2 Å². The van der Waals surface area contributed by atoms with Crippen molar-refractivity contribution in [3.8, 4) is 89.5 Å². The molecule has 4 nitrogen and oxygen atoms in total. The predicted octanol–water partition coefficient (Wildman–Crippen LogP) is 23.1. The second-order valence-electron chi connectivity index (χ2n) is 27.7. The molecule has 0 amide bonds. The van der Waals surface area contributed by atoms with Gasteiger partial charge in [-0.2, -0.15) is 18.3 Å². The molecule has 0 bridgehead atoms. The molecule has 0 radical (unpaired) electrons. The summed E-state index contributed by atoms with van der Waals surface area (Å²) in [6.45, 7) is 10.5. The Morgan fingerprint density at radius 1 is 0.240 bits per heavy atom. The van der Waals surface area contributed by atoms with Crippen molar-refractivity contribution in [2.75, 3.05) is 0 Å². The smallest absolute Gasteiger partial charge is 0.194 e. The van der Waals surface area contributed by atoms with Gasteiger partial charge in [0, 0.05) is 89.4 Å². The Bertz CT molecular complexity index is 6260. The van der Waals surface area contributed by atoms with E-state index in [9.17, 15) is 0 Å². The summed E-state index contributed by atoms with van der Waals surface area (Å²) in [5, 5.41) is 10.6. The molecule has 4 aliphatic rings. The van der Waals surface area contributed by atoms with Gasteiger partial charge in [0.2, 0.25) is 22.8 Å². The van der Waals surface area contributed by atoms with Gasteiger partial charge in [-0.05, 0) is 164 Å². The zero-order chi connectivity index (χ0) is 69.6. The third-order valence-electron chi connectivity index (χ3n) is 21.3. The maximum absolute atomic E-state index is 2.38. The SMILES string of the molecule is Cc1ccc[n+]2c1-c1ccccc1C2.Cc1cccc(C)c1-c1ccc2[n+](c1)Cc1ccccc1-2.c1cc(-c2ccc3c4ccccc4c4ccccc4c3c2)cc(-c2cccc3c2sc2ccccc23)c1.c1ccc(-c2ccc3[n+](c2)Cc2ccccc2-3)cc1.c1ccc2c(c1)C[n+]1ccccc1-2. The Morgan fingerprint density at radius 3 is 1.33 bits per heavy atom. The van der Waals surface area contributed by atoms with E-state index in [-0.39, 0.29) is 0 Å². The number of nitrogens with zero attached hydrogens (tertiary/aromatic N) is 4. The van der Waals surface area contributed by atoms with Crippen LogP contribution in [-0.4, -0.2) is 0 Å². The predicted molar refractivity (Wildman–Crippen MR) is 433 cm³/mol. The molecule has 9 heterocycles. The van der Waals surface area contributed by atoms with Crippen molar-refractivity contribution in [1.29, 1.82) is 0 Å². The van der Waals surface area contributed by atoms with Gasteiger partial charge in [-0.1, -0.05) is 237 Å². The number of hydrogen-bond donors (Lipinski definition) is 0. The molecular weight excluding hydrogens is 1280 g/mol. The molecule has 0 N–H and O–H groups in total. The fourth-order valence-corrected chi connectivity index (χ4v) is 17.6. The summed E-state index contributed by atoms with van der Waals surface area (Å²) in [7, 11) is 0. The minimum atomic E-state index is 0.976. The largest absolute Gasteiger partial charge is 0.216 e. The van der Waals surface area contributed by atoms with Gasteiger partial charge in [-0.25, -0.2) is 0 Å². The van der Waals surface area contributed by atoms with Crippen molar-refractivity contribution in [2.24, 2.45) is 0 Å². The van der Waals surface area contributed by atoms with E-state index in [2.05, 4.69) is 397 Å². The highest BCUT2D eigenvalue weighted by molar-refractivity contribution is 7.26. The van der Waals surface area contributed by atoms with E-state index >= 15 is 0 Å². The van der Waals surface area contributed by atoms with Crippen molar-refractivity contribution in [3.05, 3.63) is 397 Å². The summed E-state index contributed by atoms with van der Waals surface area (Å²) < 4.78 is 12.0. The summed E-state index contributed by atoms with van der Waals surface area (Å²) in [5.74, 6) is 0. The summed E-state index contributed by atoms with van der Waals surface area (Å²) in [6.07, 6.45) is 8.84. The first-order valence-corrected chi connectivity index (χ1v) is 37.0. The lowest BCUT2D eigenvalue weighted by Gasteiger charge is -2.12. The van der Waals surface area contributed by atoms with Gasteiger partial charge in [0.15, 0.2) is 51.0 Å².